The van der Waals surface area contributed by atoms with Crippen molar-refractivity contribution in [2.45, 2.75) is 6.30 Å². The molecular formula is C5H3F4N. The summed E-state index contributed by atoms with van der Waals surface area (Å²) in [5.41, 5.74) is 0. The number of halogens is 4. The van der Waals surface area contributed by atoms with E-state index >= 15 is 0 Å². The fourth-order valence-electron chi connectivity index (χ4n) is 0.507. The number of alkyl halides is 1. The van der Waals surface area contributed by atoms with Gasteiger partial charge >= 0.3 is 0 Å². The SMILES string of the molecule is FC1=CC(F)=C(F)NC1F. The summed E-state index contributed by atoms with van der Waals surface area (Å²) in [5, 5.41) is 1.31. The van der Waals surface area contributed by atoms with Crippen LogP contribution >= 0.6 is 0 Å². The lowest BCUT2D eigenvalue weighted by molar-refractivity contribution is 0.257. The van der Waals surface area contributed by atoms with Crippen LogP contribution in [0.5, 0.6) is 0 Å². The van der Waals surface area contributed by atoms with Crippen LogP contribution in [0.15, 0.2) is 23.7 Å². The number of allylic oxidation sites excluding steroid dienone is 2. The molecule has 10 heavy (non-hydrogen) atoms. The summed E-state index contributed by atoms with van der Waals surface area (Å²) in [5.74, 6) is -4.26. The van der Waals surface area contributed by atoms with Crippen molar-refractivity contribution in [1.29, 1.82) is 0 Å². The van der Waals surface area contributed by atoms with E-state index in [1.165, 1.54) is 5.32 Å². The first kappa shape index (κ1) is 7.11. The van der Waals surface area contributed by atoms with Crippen LogP contribution in [0.1, 0.15) is 0 Å². The minimum atomic E-state index is -2.26. The highest BCUT2D eigenvalue weighted by atomic mass is 19.2. The lowest BCUT2D eigenvalue weighted by Crippen LogP contribution is -2.26. The predicted molar refractivity (Wildman–Crippen MR) is 26.5 cm³/mol. The van der Waals surface area contributed by atoms with E-state index in [0.29, 0.717) is 0 Å². The van der Waals surface area contributed by atoms with Gasteiger partial charge in [0.1, 0.15) is 0 Å². The van der Waals surface area contributed by atoms with E-state index in [1.54, 1.807) is 0 Å². The molecule has 56 valence electrons. The minimum absolute atomic E-state index is 0.163. The van der Waals surface area contributed by atoms with E-state index in [1.807, 2.05) is 0 Å². The highest BCUT2D eigenvalue weighted by molar-refractivity contribution is 5.23. The van der Waals surface area contributed by atoms with Gasteiger partial charge in [-0.05, 0) is 0 Å². The zero-order valence-electron chi connectivity index (χ0n) is 4.67. The maximum atomic E-state index is 12.0. The molecule has 1 unspecified atom stereocenters. The smallest absolute Gasteiger partial charge is 0.225 e. The normalized spacial score (nSPS) is 26.0. The largest absolute Gasteiger partial charge is 0.324 e. The second-order valence-electron chi connectivity index (χ2n) is 1.70. The number of rotatable bonds is 0. The van der Waals surface area contributed by atoms with Gasteiger partial charge in [-0.2, -0.15) is 4.39 Å². The number of hydrogen-bond acceptors (Lipinski definition) is 1. The lowest BCUT2D eigenvalue weighted by atomic mass is 10.3. The molecule has 0 aromatic carbocycles. The maximum Gasteiger partial charge on any atom is 0.225 e. The topological polar surface area (TPSA) is 12.0 Å². The van der Waals surface area contributed by atoms with Crippen molar-refractivity contribution in [3.63, 3.8) is 0 Å². The zero-order valence-corrected chi connectivity index (χ0v) is 4.67. The Hall–Kier alpha value is -1.00. The summed E-state index contributed by atoms with van der Waals surface area (Å²) in [6.07, 6.45) is -2.10. The first-order valence-electron chi connectivity index (χ1n) is 2.44. The monoisotopic (exact) mass is 153 g/mol. The third-order valence-electron chi connectivity index (χ3n) is 0.970. The summed E-state index contributed by atoms with van der Waals surface area (Å²) in [7, 11) is 0. The molecule has 1 aliphatic rings. The molecule has 5 heteroatoms. The van der Waals surface area contributed by atoms with Crippen molar-refractivity contribution in [3.8, 4) is 0 Å². The van der Waals surface area contributed by atoms with E-state index in [0.717, 1.165) is 0 Å². The zero-order chi connectivity index (χ0) is 7.72. The van der Waals surface area contributed by atoms with Crippen LogP contribution in [0.3, 0.4) is 0 Å². The van der Waals surface area contributed by atoms with Gasteiger partial charge in [0, 0.05) is 6.08 Å². The van der Waals surface area contributed by atoms with Gasteiger partial charge in [0.2, 0.25) is 12.2 Å². The van der Waals surface area contributed by atoms with Crippen molar-refractivity contribution in [2.24, 2.45) is 0 Å². The Morgan fingerprint density at radius 2 is 1.90 bits per heavy atom. The van der Waals surface area contributed by atoms with Gasteiger partial charge in [-0.25, -0.2) is 13.2 Å². The van der Waals surface area contributed by atoms with E-state index < -0.39 is 23.9 Å². The van der Waals surface area contributed by atoms with Crippen LogP contribution in [-0.2, 0) is 0 Å². The van der Waals surface area contributed by atoms with Gasteiger partial charge in [-0.3, -0.25) is 0 Å². The molecule has 1 atom stereocenters. The summed E-state index contributed by atoms with van der Waals surface area (Å²) < 4.78 is 47.9. The molecule has 0 aromatic heterocycles. The molecule has 0 aliphatic carbocycles. The average molecular weight is 153 g/mol. The van der Waals surface area contributed by atoms with Crippen LogP contribution in [0.2, 0.25) is 0 Å². The standard InChI is InChI=1S/C5H3F4N/c6-2-1-3(7)5(9)10-4(2)8/h1,4,10H. The van der Waals surface area contributed by atoms with Gasteiger partial charge in [0.25, 0.3) is 0 Å². The van der Waals surface area contributed by atoms with Gasteiger partial charge in [0.05, 0.1) is 0 Å². The molecule has 1 rings (SSSR count). The molecule has 0 saturated heterocycles. The van der Waals surface area contributed by atoms with Crippen LogP contribution in [0, 0.1) is 0 Å². The van der Waals surface area contributed by atoms with E-state index in [4.69, 9.17) is 0 Å². The summed E-state index contributed by atoms with van der Waals surface area (Å²) in [6, 6.07) is 0. The van der Waals surface area contributed by atoms with Crippen molar-refractivity contribution in [1.82, 2.24) is 5.32 Å². The lowest BCUT2D eigenvalue weighted by Gasteiger charge is -2.11. The van der Waals surface area contributed by atoms with E-state index in [9.17, 15) is 17.6 Å². The maximum absolute atomic E-state index is 12.0. The molecule has 0 amide bonds. The molecule has 1 nitrogen and oxygen atoms in total. The predicted octanol–water partition coefficient (Wildman–Crippen LogP) is 1.85. The molecular weight excluding hydrogens is 150 g/mol. The molecule has 0 spiro atoms. The Kier molecular flexibility index (Phi) is 1.65. The molecule has 0 radical (unpaired) electrons. The fourth-order valence-corrected chi connectivity index (χ4v) is 0.507. The molecule has 0 aromatic rings. The number of hydrogen-bond donors (Lipinski definition) is 1. The Bertz CT molecular complexity index is 208. The molecule has 0 fully saturated rings. The summed E-state index contributed by atoms with van der Waals surface area (Å²) in [6.45, 7) is 0. The molecule has 0 saturated carbocycles. The van der Waals surface area contributed by atoms with Gasteiger partial charge in [0.15, 0.2) is 11.7 Å². The molecule has 0 bridgehead atoms. The third kappa shape index (κ3) is 1.12. The first-order chi connectivity index (χ1) is 4.61. The van der Waals surface area contributed by atoms with Crippen LogP contribution in [0.4, 0.5) is 17.6 Å². The van der Waals surface area contributed by atoms with Gasteiger partial charge in [-0.15, -0.1) is 0 Å². The van der Waals surface area contributed by atoms with Crippen molar-refractivity contribution in [3.05, 3.63) is 23.7 Å². The third-order valence-corrected chi connectivity index (χ3v) is 0.970. The van der Waals surface area contributed by atoms with Crippen LogP contribution in [0.25, 0.3) is 0 Å². The van der Waals surface area contributed by atoms with Gasteiger partial charge < -0.3 is 5.32 Å². The average Bonchev–Trinajstić information content (AvgIpc) is 1.84. The number of dihydropyridines is 1. The van der Waals surface area contributed by atoms with Gasteiger partial charge in [-0.1, -0.05) is 0 Å². The van der Waals surface area contributed by atoms with Crippen molar-refractivity contribution in [2.75, 3.05) is 0 Å². The Labute approximate surface area is 54.0 Å². The Morgan fingerprint density at radius 3 is 2.40 bits per heavy atom. The van der Waals surface area contributed by atoms with Crippen molar-refractivity contribution < 1.29 is 17.6 Å². The Morgan fingerprint density at radius 1 is 1.30 bits per heavy atom. The van der Waals surface area contributed by atoms with Crippen molar-refractivity contribution >= 4 is 0 Å². The Balaban J connectivity index is 2.88. The molecule has 1 aliphatic heterocycles. The van der Waals surface area contributed by atoms with E-state index in [-0.39, 0.29) is 6.08 Å². The fraction of sp³-hybridized carbons (Fsp3) is 0.200. The van der Waals surface area contributed by atoms with Crippen LogP contribution in [-0.4, -0.2) is 6.30 Å². The minimum Gasteiger partial charge on any atom is -0.324 e. The first-order valence-corrected chi connectivity index (χ1v) is 2.44. The highest BCUT2D eigenvalue weighted by Gasteiger charge is 2.21. The second kappa shape index (κ2) is 2.32. The quantitative estimate of drug-likeness (QED) is 0.413. The van der Waals surface area contributed by atoms with E-state index in [2.05, 4.69) is 0 Å². The molecule has 1 heterocycles. The van der Waals surface area contributed by atoms with Crippen LogP contribution < -0.4 is 5.32 Å². The highest BCUT2D eigenvalue weighted by Crippen LogP contribution is 2.20. The summed E-state index contributed by atoms with van der Waals surface area (Å²) in [4.78, 5) is 0. The second-order valence-corrected chi connectivity index (χ2v) is 1.70. The molecule has 1 N–H and O–H groups in total. The summed E-state index contributed by atoms with van der Waals surface area (Å²) >= 11 is 0. The number of nitrogens with one attached hydrogen (secondary N) is 1.